The minimum Gasteiger partial charge on any atom is -0.355 e. The maximum Gasteiger partial charge on any atom is 0.0460 e. The van der Waals surface area contributed by atoms with Gasteiger partial charge in [0.15, 0.2) is 0 Å². The molecule has 0 unspecified atom stereocenters. The van der Waals surface area contributed by atoms with Gasteiger partial charge in [0.2, 0.25) is 0 Å². The second-order valence-corrected chi connectivity index (χ2v) is 3.81. The Balaban J connectivity index is 2.23. The van der Waals surface area contributed by atoms with Gasteiger partial charge in [-0.2, -0.15) is 0 Å². The molecule has 0 atom stereocenters. The Morgan fingerprint density at radius 3 is 2.62 bits per heavy atom. The molecule has 0 aliphatic rings. The second-order valence-electron chi connectivity index (χ2n) is 3.37. The third kappa shape index (κ3) is 2.51. The summed E-state index contributed by atoms with van der Waals surface area (Å²) in [6.45, 7) is 0.462. The van der Waals surface area contributed by atoms with Gasteiger partial charge in [-0.3, -0.25) is 4.98 Å². The van der Waals surface area contributed by atoms with Gasteiger partial charge in [0.05, 0.1) is 0 Å². The molecule has 1 aromatic carbocycles. The Bertz CT molecular complexity index is 468. The van der Waals surface area contributed by atoms with Crippen molar-refractivity contribution in [1.82, 2.24) is 4.98 Å². The first kappa shape index (κ1) is 10.9. The van der Waals surface area contributed by atoms with Crippen LogP contribution < -0.4 is 11.1 Å². The average molecular weight is 234 g/mol. The lowest BCUT2D eigenvalue weighted by molar-refractivity contribution is 1.05. The zero-order valence-corrected chi connectivity index (χ0v) is 9.41. The van der Waals surface area contributed by atoms with E-state index in [0.717, 1.165) is 22.0 Å². The summed E-state index contributed by atoms with van der Waals surface area (Å²) in [7, 11) is 0. The highest BCUT2D eigenvalue weighted by Crippen LogP contribution is 2.21. The summed E-state index contributed by atoms with van der Waals surface area (Å²) in [5.41, 5.74) is 8.56. The van der Waals surface area contributed by atoms with E-state index in [1.54, 1.807) is 12.4 Å². The molecule has 4 heteroatoms. The molecule has 2 rings (SSSR count). The van der Waals surface area contributed by atoms with Gasteiger partial charge in [0.25, 0.3) is 0 Å². The monoisotopic (exact) mass is 233 g/mol. The standard InChI is InChI=1S/C12H12ClN3/c13-10-1-3-11(4-2-10)16-12-5-6-15-8-9(12)7-14/h1-6,8H,7,14H2,(H,15,16). The van der Waals surface area contributed by atoms with Crippen LogP contribution in [0.4, 0.5) is 11.4 Å². The SMILES string of the molecule is NCc1cnccc1Nc1ccc(Cl)cc1. The summed E-state index contributed by atoms with van der Waals surface area (Å²) in [6, 6.07) is 9.42. The number of anilines is 2. The number of nitrogens with two attached hydrogens (primary N) is 1. The van der Waals surface area contributed by atoms with Crippen molar-refractivity contribution in [3.8, 4) is 0 Å². The van der Waals surface area contributed by atoms with Crippen molar-refractivity contribution < 1.29 is 0 Å². The van der Waals surface area contributed by atoms with Crippen LogP contribution in [0.5, 0.6) is 0 Å². The van der Waals surface area contributed by atoms with E-state index in [9.17, 15) is 0 Å². The third-order valence-electron chi connectivity index (χ3n) is 2.25. The maximum atomic E-state index is 5.82. The second kappa shape index (κ2) is 4.96. The smallest absolute Gasteiger partial charge is 0.0460 e. The first-order valence-electron chi connectivity index (χ1n) is 4.95. The Morgan fingerprint density at radius 1 is 1.19 bits per heavy atom. The van der Waals surface area contributed by atoms with Crippen LogP contribution >= 0.6 is 11.6 Å². The van der Waals surface area contributed by atoms with E-state index in [2.05, 4.69) is 10.3 Å². The van der Waals surface area contributed by atoms with Gasteiger partial charge in [-0.15, -0.1) is 0 Å². The van der Waals surface area contributed by atoms with Crippen LogP contribution in [0.15, 0.2) is 42.7 Å². The Labute approximate surface area is 99.3 Å². The van der Waals surface area contributed by atoms with Crippen molar-refractivity contribution in [2.75, 3.05) is 5.32 Å². The number of halogens is 1. The molecule has 16 heavy (non-hydrogen) atoms. The number of hydrogen-bond donors (Lipinski definition) is 2. The highest BCUT2D eigenvalue weighted by molar-refractivity contribution is 6.30. The molecule has 0 aliphatic heterocycles. The molecule has 3 N–H and O–H groups in total. The lowest BCUT2D eigenvalue weighted by Crippen LogP contribution is -2.02. The minimum atomic E-state index is 0.462. The predicted molar refractivity (Wildman–Crippen MR) is 66.9 cm³/mol. The highest BCUT2D eigenvalue weighted by atomic mass is 35.5. The average Bonchev–Trinajstić information content (AvgIpc) is 2.33. The number of nitrogens with zero attached hydrogens (tertiary/aromatic N) is 1. The number of benzene rings is 1. The summed E-state index contributed by atoms with van der Waals surface area (Å²) in [5.74, 6) is 0. The van der Waals surface area contributed by atoms with E-state index in [1.807, 2.05) is 30.3 Å². The summed E-state index contributed by atoms with van der Waals surface area (Å²) >= 11 is 5.82. The summed E-state index contributed by atoms with van der Waals surface area (Å²) in [5, 5.41) is 3.99. The van der Waals surface area contributed by atoms with E-state index in [-0.39, 0.29) is 0 Å². The zero-order valence-electron chi connectivity index (χ0n) is 8.65. The molecule has 0 saturated carbocycles. The van der Waals surface area contributed by atoms with E-state index in [0.29, 0.717) is 6.54 Å². The van der Waals surface area contributed by atoms with Gasteiger partial charge in [0, 0.05) is 40.9 Å². The fourth-order valence-electron chi connectivity index (χ4n) is 1.40. The molecule has 1 heterocycles. The van der Waals surface area contributed by atoms with Crippen molar-refractivity contribution in [2.45, 2.75) is 6.54 Å². The van der Waals surface area contributed by atoms with Crippen LogP contribution in [-0.4, -0.2) is 4.98 Å². The van der Waals surface area contributed by atoms with Gasteiger partial charge in [-0.25, -0.2) is 0 Å². The molecule has 0 spiro atoms. The molecule has 2 aromatic rings. The lowest BCUT2D eigenvalue weighted by Gasteiger charge is -2.10. The van der Waals surface area contributed by atoms with E-state index < -0.39 is 0 Å². The summed E-state index contributed by atoms with van der Waals surface area (Å²) < 4.78 is 0. The van der Waals surface area contributed by atoms with Crippen LogP contribution in [0.3, 0.4) is 0 Å². The summed E-state index contributed by atoms with van der Waals surface area (Å²) in [4.78, 5) is 4.03. The number of nitrogens with one attached hydrogen (secondary N) is 1. The molecule has 0 fully saturated rings. The lowest BCUT2D eigenvalue weighted by atomic mass is 10.2. The molecule has 1 aromatic heterocycles. The molecule has 0 bridgehead atoms. The van der Waals surface area contributed by atoms with Crippen LogP contribution in [0.2, 0.25) is 5.02 Å². The summed E-state index contributed by atoms with van der Waals surface area (Å²) in [6.07, 6.45) is 3.50. The van der Waals surface area contributed by atoms with Crippen molar-refractivity contribution in [3.63, 3.8) is 0 Å². The number of pyridine rings is 1. The van der Waals surface area contributed by atoms with Gasteiger partial charge in [-0.05, 0) is 30.3 Å². The minimum absolute atomic E-state index is 0.462. The van der Waals surface area contributed by atoms with Crippen LogP contribution in [0, 0.1) is 0 Å². The molecule has 0 radical (unpaired) electrons. The predicted octanol–water partition coefficient (Wildman–Crippen LogP) is 2.94. The fourth-order valence-corrected chi connectivity index (χ4v) is 1.53. The van der Waals surface area contributed by atoms with Crippen molar-refractivity contribution in [3.05, 3.63) is 53.3 Å². The number of rotatable bonds is 3. The molecule has 82 valence electrons. The number of hydrogen-bond acceptors (Lipinski definition) is 3. The normalized spacial score (nSPS) is 10.1. The highest BCUT2D eigenvalue weighted by Gasteiger charge is 2.00. The van der Waals surface area contributed by atoms with E-state index >= 15 is 0 Å². The Morgan fingerprint density at radius 2 is 1.94 bits per heavy atom. The maximum absolute atomic E-state index is 5.82. The zero-order chi connectivity index (χ0) is 11.4. The van der Waals surface area contributed by atoms with Crippen molar-refractivity contribution in [2.24, 2.45) is 5.73 Å². The fraction of sp³-hybridized carbons (Fsp3) is 0.0833. The largest absolute Gasteiger partial charge is 0.355 e. The van der Waals surface area contributed by atoms with Crippen LogP contribution in [-0.2, 0) is 6.54 Å². The number of aromatic nitrogens is 1. The first-order valence-corrected chi connectivity index (χ1v) is 5.33. The Kier molecular flexibility index (Phi) is 3.39. The van der Waals surface area contributed by atoms with Crippen LogP contribution in [0.25, 0.3) is 0 Å². The Hall–Kier alpha value is -1.58. The molecule has 0 aliphatic carbocycles. The van der Waals surface area contributed by atoms with Gasteiger partial charge < -0.3 is 11.1 Å². The molecule has 0 saturated heterocycles. The van der Waals surface area contributed by atoms with Gasteiger partial charge >= 0.3 is 0 Å². The van der Waals surface area contributed by atoms with Crippen molar-refractivity contribution in [1.29, 1.82) is 0 Å². The topological polar surface area (TPSA) is 50.9 Å². The molecule has 0 amide bonds. The van der Waals surface area contributed by atoms with E-state index in [4.69, 9.17) is 17.3 Å². The van der Waals surface area contributed by atoms with Crippen molar-refractivity contribution >= 4 is 23.0 Å². The molecular weight excluding hydrogens is 222 g/mol. The van der Waals surface area contributed by atoms with Gasteiger partial charge in [-0.1, -0.05) is 11.6 Å². The van der Waals surface area contributed by atoms with Crippen LogP contribution in [0.1, 0.15) is 5.56 Å². The quantitative estimate of drug-likeness (QED) is 0.857. The molecular formula is C12H12ClN3. The van der Waals surface area contributed by atoms with E-state index in [1.165, 1.54) is 0 Å². The molecule has 3 nitrogen and oxygen atoms in total. The van der Waals surface area contributed by atoms with Gasteiger partial charge in [0.1, 0.15) is 0 Å². The third-order valence-corrected chi connectivity index (χ3v) is 2.50. The first-order chi connectivity index (χ1) is 7.79.